The Hall–Kier alpha value is -1.81. The van der Waals surface area contributed by atoms with Gasteiger partial charge in [0.05, 0.1) is 19.6 Å². The molecule has 4 nitrogen and oxygen atoms in total. The lowest BCUT2D eigenvalue weighted by Crippen LogP contribution is -2.31. The normalized spacial score (nSPS) is 18.6. The molecule has 1 aliphatic rings. The first kappa shape index (κ1) is 11.3. The van der Waals surface area contributed by atoms with Crippen molar-refractivity contribution in [2.24, 2.45) is 0 Å². The topological polar surface area (TPSA) is 54.1 Å². The number of nitrogens with one attached hydrogen (secondary N) is 2. The van der Waals surface area contributed by atoms with Crippen LogP contribution in [0, 0.1) is 0 Å². The molecule has 0 spiro atoms. The zero-order chi connectivity index (χ0) is 12.5. The van der Waals surface area contributed by atoms with E-state index < -0.39 is 0 Å². The molecule has 4 heteroatoms. The van der Waals surface area contributed by atoms with Crippen molar-refractivity contribution in [3.8, 4) is 0 Å². The molecule has 1 atom stereocenters. The highest BCUT2D eigenvalue weighted by Crippen LogP contribution is 2.31. The second-order valence-corrected chi connectivity index (χ2v) is 4.60. The monoisotopic (exact) mass is 244 g/mol. The van der Waals surface area contributed by atoms with Crippen molar-refractivity contribution in [3.05, 3.63) is 35.5 Å². The Morgan fingerprint density at radius 1 is 1.44 bits per heavy atom. The lowest BCUT2D eigenvalue weighted by Gasteiger charge is -2.23. The molecule has 1 aromatic heterocycles. The highest BCUT2D eigenvalue weighted by molar-refractivity contribution is 5.85. The third-order valence-electron chi connectivity index (χ3n) is 3.56. The van der Waals surface area contributed by atoms with Gasteiger partial charge in [-0.3, -0.25) is 4.79 Å². The fraction of sp³-hybridized carbons (Fsp3) is 0.357. The zero-order valence-electron chi connectivity index (χ0n) is 10.3. The van der Waals surface area contributed by atoms with E-state index in [9.17, 15) is 4.79 Å². The van der Waals surface area contributed by atoms with Crippen LogP contribution in [0.5, 0.6) is 0 Å². The lowest BCUT2D eigenvalue weighted by molar-refractivity contribution is -0.141. The van der Waals surface area contributed by atoms with E-state index in [2.05, 4.69) is 22.4 Å². The van der Waals surface area contributed by atoms with Gasteiger partial charge in [-0.2, -0.15) is 0 Å². The number of esters is 1. The number of aromatic nitrogens is 1. The van der Waals surface area contributed by atoms with Crippen LogP contribution in [0.25, 0.3) is 10.9 Å². The lowest BCUT2D eigenvalue weighted by atomic mass is 9.97. The molecule has 0 fully saturated rings. The first-order valence-electron chi connectivity index (χ1n) is 6.19. The van der Waals surface area contributed by atoms with Gasteiger partial charge in [-0.05, 0) is 24.6 Å². The average Bonchev–Trinajstić information content (AvgIpc) is 2.78. The van der Waals surface area contributed by atoms with Crippen LogP contribution in [0.3, 0.4) is 0 Å². The van der Waals surface area contributed by atoms with Gasteiger partial charge in [0.1, 0.15) is 0 Å². The number of aromatic amines is 1. The van der Waals surface area contributed by atoms with Crippen LogP contribution in [0.2, 0.25) is 0 Å². The third-order valence-corrected chi connectivity index (χ3v) is 3.56. The summed E-state index contributed by atoms with van der Waals surface area (Å²) in [6.07, 6.45) is 1.37. The average molecular weight is 244 g/mol. The molecule has 0 unspecified atom stereocenters. The van der Waals surface area contributed by atoms with E-state index in [0.29, 0.717) is 6.42 Å². The van der Waals surface area contributed by atoms with Gasteiger partial charge in [-0.25, -0.2) is 0 Å². The molecule has 0 saturated carbocycles. The highest BCUT2D eigenvalue weighted by atomic mass is 16.5. The van der Waals surface area contributed by atoms with Crippen LogP contribution in [0.1, 0.15) is 23.7 Å². The van der Waals surface area contributed by atoms with Gasteiger partial charge < -0.3 is 15.0 Å². The van der Waals surface area contributed by atoms with Gasteiger partial charge >= 0.3 is 5.97 Å². The minimum atomic E-state index is -0.181. The number of para-hydroxylation sites is 1. The standard InChI is InChI=1S/C14H16N2O2/c1-18-13(17)8-12-14-10(6-7-15-12)9-4-2-3-5-11(9)16-14/h2-5,12,15-16H,6-8H2,1H3/t12-/m0/s1. The second-order valence-electron chi connectivity index (χ2n) is 4.60. The van der Waals surface area contributed by atoms with Gasteiger partial charge in [-0.1, -0.05) is 18.2 Å². The van der Waals surface area contributed by atoms with E-state index in [0.717, 1.165) is 24.2 Å². The molecule has 18 heavy (non-hydrogen) atoms. The summed E-state index contributed by atoms with van der Waals surface area (Å²) in [4.78, 5) is 14.9. The number of methoxy groups -OCH3 is 1. The van der Waals surface area contributed by atoms with Gasteiger partial charge in [-0.15, -0.1) is 0 Å². The van der Waals surface area contributed by atoms with Crippen molar-refractivity contribution in [1.82, 2.24) is 10.3 Å². The molecule has 0 amide bonds. The predicted molar refractivity (Wildman–Crippen MR) is 69.4 cm³/mol. The number of ether oxygens (including phenoxy) is 1. The van der Waals surface area contributed by atoms with Gasteiger partial charge in [0.25, 0.3) is 0 Å². The van der Waals surface area contributed by atoms with E-state index in [1.54, 1.807) is 0 Å². The Bertz CT molecular complexity index is 588. The van der Waals surface area contributed by atoms with Crippen molar-refractivity contribution in [1.29, 1.82) is 0 Å². The third kappa shape index (κ3) is 1.78. The molecule has 2 aromatic rings. The summed E-state index contributed by atoms with van der Waals surface area (Å²) in [5.74, 6) is -0.181. The maximum absolute atomic E-state index is 11.4. The van der Waals surface area contributed by atoms with E-state index in [1.807, 2.05) is 12.1 Å². The molecule has 3 rings (SSSR count). The highest BCUT2D eigenvalue weighted by Gasteiger charge is 2.25. The van der Waals surface area contributed by atoms with Gasteiger partial charge in [0, 0.05) is 16.6 Å². The number of fused-ring (bicyclic) bond motifs is 3. The maximum Gasteiger partial charge on any atom is 0.307 e. The summed E-state index contributed by atoms with van der Waals surface area (Å²) in [5.41, 5.74) is 3.60. The van der Waals surface area contributed by atoms with Crippen molar-refractivity contribution < 1.29 is 9.53 Å². The quantitative estimate of drug-likeness (QED) is 0.793. The van der Waals surface area contributed by atoms with E-state index in [4.69, 9.17) is 4.74 Å². The van der Waals surface area contributed by atoms with E-state index in [1.165, 1.54) is 18.1 Å². The summed E-state index contributed by atoms with van der Waals surface area (Å²) < 4.78 is 4.75. The molecule has 0 bridgehead atoms. The SMILES string of the molecule is COC(=O)C[C@@H]1NCCc2c1[nH]c1ccccc21. The molecule has 1 aromatic carbocycles. The Kier molecular flexibility index (Phi) is 2.80. The summed E-state index contributed by atoms with van der Waals surface area (Å²) in [6.45, 7) is 0.899. The number of hydrogen-bond acceptors (Lipinski definition) is 3. The molecular formula is C14H16N2O2. The number of carbonyl (C=O) groups excluding carboxylic acids is 1. The number of benzene rings is 1. The van der Waals surface area contributed by atoms with Crippen LogP contribution in [-0.2, 0) is 16.0 Å². The maximum atomic E-state index is 11.4. The predicted octanol–water partition coefficient (Wildman–Crippen LogP) is 1.92. The first-order valence-corrected chi connectivity index (χ1v) is 6.19. The zero-order valence-corrected chi connectivity index (χ0v) is 10.3. The molecule has 0 aliphatic carbocycles. The Morgan fingerprint density at radius 3 is 3.11 bits per heavy atom. The Balaban J connectivity index is 2.02. The molecule has 2 heterocycles. The fourth-order valence-electron chi connectivity index (χ4n) is 2.69. The van der Waals surface area contributed by atoms with Crippen LogP contribution in [-0.4, -0.2) is 24.6 Å². The molecule has 0 radical (unpaired) electrons. The molecule has 94 valence electrons. The second kappa shape index (κ2) is 4.46. The molecule has 1 aliphatic heterocycles. The van der Waals surface area contributed by atoms with Crippen LogP contribution in [0.4, 0.5) is 0 Å². The Morgan fingerprint density at radius 2 is 2.28 bits per heavy atom. The fourth-order valence-corrected chi connectivity index (χ4v) is 2.69. The summed E-state index contributed by atoms with van der Waals surface area (Å²) in [7, 11) is 1.43. The molecular weight excluding hydrogens is 228 g/mol. The number of hydrogen-bond donors (Lipinski definition) is 2. The number of carbonyl (C=O) groups is 1. The largest absolute Gasteiger partial charge is 0.469 e. The van der Waals surface area contributed by atoms with Crippen molar-refractivity contribution >= 4 is 16.9 Å². The van der Waals surface area contributed by atoms with E-state index in [-0.39, 0.29) is 12.0 Å². The number of H-pyrrole nitrogens is 1. The minimum Gasteiger partial charge on any atom is -0.469 e. The molecule has 0 saturated heterocycles. The summed E-state index contributed by atoms with van der Waals surface area (Å²) >= 11 is 0. The van der Waals surface area contributed by atoms with Crippen LogP contribution < -0.4 is 5.32 Å². The van der Waals surface area contributed by atoms with Crippen LogP contribution in [0.15, 0.2) is 24.3 Å². The van der Waals surface area contributed by atoms with Gasteiger partial charge in [0.2, 0.25) is 0 Å². The van der Waals surface area contributed by atoms with Crippen molar-refractivity contribution in [2.45, 2.75) is 18.9 Å². The van der Waals surface area contributed by atoms with Crippen molar-refractivity contribution in [3.63, 3.8) is 0 Å². The van der Waals surface area contributed by atoms with Gasteiger partial charge in [0.15, 0.2) is 0 Å². The van der Waals surface area contributed by atoms with Crippen LogP contribution >= 0.6 is 0 Å². The van der Waals surface area contributed by atoms with Crippen molar-refractivity contribution in [2.75, 3.05) is 13.7 Å². The Labute approximate surface area is 105 Å². The van der Waals surface area contributed by atoms with E-state index >= 15 is 0 Å². The summed E-state index contributed by atoms with van der Waals surface area (Å²) in [6, 6.07) is 8.31. The smallest absolute Gasteiger partial charge is 0.307 e. The first-order chi connectivity index (χ1) is 8.79. The molecule has 2 N–H and O–H groups in total. The summed E-state index contributed by atoms with van der Waals surface area (Å²) in [5, 5.41) is 4.64. The number of rotatable bonds is 2. The minimum absolute atomic E-state index is 0.0357.